The van der Waals surface area contributed by atoms with Crippen LogP contribution in [0, 0.1) is 11.3 Å². The van der Waals surface area contributed by atoms with Crippen molar-refractivity contribution in [3.05, 3.63) is 53.7 Å². The van der Waals surface area contributed by atoms with Gasteiger partial charge in [0.05, 0.1) is 30.8 Å². The van der Waals surface area contributed by atoms with Crippen molar-refractivity contribution in [3.63, 3.8) is 0 Å². The van der Waals surface area contributed by atoms with E-state index in [0.29, 0.717) is 44.8 Å². The molecule has 2 aromatic carbocycles. The van der Waals surface area contributed by atoms with Crippen LogP contribution in [0.2, 0.25) is 0 Å². The highest BCUT2D eigenvalue weighted by molar-refractivity contribution is 5.94. The second kappa shape index (κ2) is 10.9. The smallest absolute Gasteiger partial charge is 0.407 e. The highest BCUT2D eigenvalue weighted by Crippen LogP contribution is 2.34. The number of rotatable bonds is 6. The van der Waals surface area contributed by atoms with Gasteiger partial charge < -0.3 is 29.9 Å². The van der Waals surface area contributed by atoms with E-state index in [1.165, 1.54) is 21.4 Å². The van der Waals surface area contributed by atoms with Crippen molar-refractivity contribution in [1.29, 1.82) is 5.26 Å². The van der Waals surface area contributed by atoms with Crippen LogP contribution >= 0.6 is 0 Å². The summed E-state index contributed by atoms with van der Waals surface area (Å²) in [5.74, 6) is 0.805. The molecule has 0 radical (unpaired) electrons. The Balaban J connectivity index is 1.33. The minimum Gasteiger partial charge on any atom is -0.465 e. The molecule has 39 heavy (non-hydrogen) atoms. The maximum absolute atomic E-state index is 11.8. The number of amides is 1. The van der Waals surface area contributed by atoms with E-state index in [1.807, 2.05) is 0 Å². The fourth-order valence-electron chi connectivity index (χ4n) is 6.06. The molecular weight excluding hydrogens is 494 g/mol. The van der Waals surface area contributed by atoms with Crippen molar-refractivity contribution in [3.8, 4) is 12.1 Å². The monoisotopic (exact) mass is 527 g/mol. The second-order valence-corrected chi connectivity index (χ2v) is 10.5. The molecular formula is C29H33N7O3. The van der Waals surface area contributed by atoms with Crippen LogP contribution in [0.3, 0.4) is 0 Å². The van der Waals surface area contributed by atoms with Crippen molar-refractivity contribution >= 4 is 28.4 Å². The number of nitriles is 1. The Hall–Kier alpha value is -4.10. The summed E-state index contributed by atoms with van der Waals surface area (Å²) in [6.07, 6.45) is 2.12. The fourth-order valence-corrected chi connectivity index (χ4v) is 6.06. The van der Waals surface area contributed by atoms with Gasteiger partial charge in [0.1, 0.15) is 12.4 Å². The molecule has 1 amide bonds. The third-order valence-corrected chi connectivity index (χ3v) is 8.06. The number of piperazine rings is 1. The zero-order valence-electron chi connectivity index (χ0n) is 21.9. The lowest BCUT2D eigenvalue weighted by molar-refractivity contribution is 0.119. The van der Waals surface area contributed by atoms with E-state index in [2.05, 4.69) is 63.7 Å². The first-order valence-electron chi connectivity index (χ1n) is 13.7. The molecule has 6 rings (SSSR count). The number of nitrogens with zero attached hydrogens (tertiary/aromatic N) is 6. The molecule has 3 aromatic rings. The van der Waals surface area contributed by atoms with Gasteiger partial charge in [-0.15, -0.1) is 0 Å². The summed E-state index contributed by atoms with van der Waals surface area (Å²) in [6.45, 7) is 4.21. The van der Waals surface area contributed by atoms with Gasteiger partial charge in [-0.05, 0) is 37.3 Å². The fraction of sp³-hybridized carbons (Fsp3) is 0.448. The topological polar surface area (TPSA) is 118 Å². The van der Waals surface area contributed by atoms with Crippen molar-refractivity contribution in [2.24, 2.45) is 0 Å². The van der Waals surface area contributed by atoms with Gasteiger partial charge >= 0.3 is 12.1 Å². The number of carbonyl (C=O) groups is 1. The minimum absolute atomic E-state index is 0.141. The molecule has 2 N–H and O–H groups in total. The number of carboxylic acid groups (broad SMARTS) is 1. The molecule has 0 bridgehead atoms. The number of anilines is 2. The van der Waals surface area contributed by atoms with Gasteiger partial charge in [-0.25, -0.2) is 4.79 Å². The summed E-state index contributed by atoms with van der Waals surface area (Å²) in [4.78, 5) is 27.4. The van der Waals surface area contributed by atoms with Gasteiger partial charge in [0.25, 0.3) is 0 Å². The van der Waals surface area contributed by atoms with Gasteiger partial charge in [0.15, 0.2) is 0 Å². The lowest BCUT2D eigenvalue weighted by Crippen LogP contribution is -2.55. The number of nitrogens with one attached hydrogen (secondary N) is 1. The van der Waals surface area contributed by atoms with E-state index in [0.717, 1.165) is 49.4 Å². The molecule has 1 unspecified atom stereocenters. The molecule has 2 saturated heterocycles. The predicted octanol–water partition coefficient (Wildman–Crippen LogP) is 3.41. The summed E-state index contributed by atoms with van der Waals surface area (Å²) >= 11 is 0. The maximum atomic E-state index is 11.8. The molecule has 3 aliphatic heterocycles. The lowest BCUT2D eigenvalue weighted by Gasteiger charge is -2.41. The maximum Gasteiger partial charge on any atom is 0.407 e. The van der Waals surface area contributed by atoms with Crippen molar-refractivity contribution < 1.29 is 14.6 Å². The zero-order chi connectivity index (χ0) is 26.8. The molecule has 0 spiro atoms. The molecule has 202 valence electrons. The molecule has 0 saturated carbocycles. The lowest BCUT2D eigenvalue weighted by atomic mass is 10.0. The summed E-state index contributed by atoms with van der Waals surface area (Å²) in [6, 6.07) is 17.2. The average Bonchev–Trinajstić information content (AvgIpc) is 3.49. The van der Waals surface area contributed by atoms with Crippen LogP contribution in [0.1, 0.15) is 30.5 Å². The van der Waals surface area contributed by atoms with E-state index in [-0.39, 0.29) is 6.42 Å². The summed E-state index contributed by atoms with van der Waals surface area (Å²) in [7, 11) is 0. The summed E-state index contributed by atoms with van der Waals surface area (Å²) in [5.41, 5.74) is 3.20. The van der Waals surface area contributed by atoms with Crippen molar-refractivity contribution in [1.82, 2.24) is 20.2 Å². The van der Waals surface area contributed by atoms with Gasteiger partial charge in [-0.2, -0.15) is 15.2 Å². The van der Waals surface area contributed by atoms with E-state index in [1.54, 1.807) is 0 Å². The van der Waals surface area contributed by atoms with Gasteiger partial charge in [-0.3, -0.25) is 0 Å². The first-order valence-corrected chi connectivity index (χ1v) is 13.7. The summed E-state index contributed by atoms with van der Waals surface area (Å²) < 4.78 is 6.15. The standard InChI is InChI=1S/C29H33N7O3/c30-12-10-22-17-35(15-16-36(22)29(37)38)27-24-11-14-34(26-9-3-6-20-5-1-2-8-23(20)26)18-25(24)32-28(33-27)39-19-21-7-4-13-31-21/h1-3,5-6,8-9,21-22,31H,4,7,10-11,13-19H2,(H,37,38)/t21-,22?/m0/s1. The van der Waals surface area contributed by atoms with Crippen molar-refractivity contribution in [2.45, 2.75) is 44.3 Å². The normalized spacial score (nSPS) is 21.1. The SMILES string of the molecule is N#CCC1CN(c2nc(OC[C@@H]3CCCN3)nc3c2CCN(c2cccc4ccccc24)C3)CCN1C(=O)O. The van der Waals surface area contributed by atoms with Crippen LogP contribution in [0.25, 0.3) is 10.8 Å². The number of hydrogen-bond acceptors (Lipinski definition) is 8. The number of aromatic nitrogens is 2. The first-order chi connectivity index (χ1) is 19.1. The van der Waals surface area contributed by atoms with E-state index < -0.39 is 12.1 Å². The highest BCUT2D eigenvalue weighted by atomic mass is 16.5. The molecule has 4 heterocycles. The predicted molar refractivity (Wildman–Crippen MR) is 148 cm³/mol. The molecule has 0 aliphatic carbocycles. The van der Waals surface area contributed by atoms with Crippen LogP contribution in [0.15, 0.2) is 42.5 Å². The average molecular weight is 528 g/mol. The van der Waals surface area contributed by atoms with Gasteiger partial charge in [0, 0.05) is 48.9 Å². The second-order valence-electron chi connectivity index (χ2n) is 10.5. The van der Waals surface area contributed by atoms with E-state index in [9.17, 15) is 15.2 Å². The zero-order valence-corrected chi connectivity index (χ0v) is 21.9. The van der Waals surface area contributed by atoms with E-state index in [4.69, 9.17) is 14.7 Å². The highest BCUT2D eigenvalue weighted by Gasteiger charge is 2.34. The Morgan fingerprint density at radius 2 is 2.00 bits per heavy atom. The number of fused-ring (bicyclic) bond motifs is 2. The third kappa shape index (κ3) is 5.14. The Morgan fingerprint density at radius 1 is 1.13 bits per heavy atom. The molecule has 1 aromatic heterocycles. The van der Waals surface area contributed by atoms with Crippen LogP contribution in [0.4, 0.5) is 16.3 Å². The first kappa shape index (κ1) is 25.2. The summed E-state index contributed by atoms with van der Waals surface area (Å²) in [5, 5.41) is 24.9. The molecule has 10 heteroatoms. The molecule has 3 aliphatic rings. The van der Waals surface area contributed by atoms with Crippen LogP contribution < -0.4 is 19.9 Å². The van der Waals surface area contributed by atoms with E-state index >= 15 is 0 Å². The van der Waals surface area contributed by atoms with Crippen LogP contribution in [0.5, 0.6) is 6.01 Å². The minimum atomic E-state index is -0.988. The molecule has 10 nitrogen and oxygen atoms in total. The number of benzene rings is 2. The Kier molecular flexibility index (Phi) is 7.07. The Bertz CT molecular complexity index is 1400. The quantitative estimate of drug-likeness (QED) is 0.497. The van der Waals surface area contributed by atoms with Crippen LogP contribution in [-0.4, -0.2) is 77.5 Å². The molecule has 2 atom stereocenters. The number of ether oxygens (including phenoxy) is 1. The number of hydrogen-bond donors (Lipinski definition) is 2. The van der Waals surface area contributed by atoms with Gasteiger partial charge in [0.2, 0.25) is 0 Å². The Labute approximate surface area is 227 Å². The Morgan fingerprint density at radius 3 is 2.82 bits per heavy atom. The largest absolute Gasteiger partial charge is 0.465 e. The molecule has 2 fully saturated rings. The van der Waals surface area contributed by atoms with Gasteiger partial charge in [-0.1, -0.05) is 36.4 Å². The van der Waals surface area contributed by atoms with Crippen molar-refractivity contribution in [2.75, 3.05) is 49.1 Å². The third-order valence-electron chi connectivity index (χ3n) is 8.06. The van der Waals surface area contributed by atoms with Crippen LogP contribution in [-0.2, 0) is 13.0 Å².